The maximum absolute atomic E-state index is 12.9. The van der Waals surface area contributed by atoms with Crippen LogP contribution in [0.1, 0.15) is 19.3 Å². The number of aromatic nitrogens is 3. The average Bonchev–Trinajstić information content (AvgIpc) is 3.14. The van der Waals surface area contributed by atoms with Crippen molar-refractivity contribution in [2.75, 3.05) is 26.7 Å². The number of aryl methyl sites for hydroxylation is 1. The number of likely N-dealkylation sites (tertiary alicyclic amines) is 1. The van der Waals surface area contributed by atoms with Gasteiger partial charge in [0.2, 0.25) is 5.88 Å². The summed E-state index contributed by atoms with van der Waals surface area (Å²) in [5.74, 6) is 0.532. The van der Waals surface area contributed by atoms with Gasteiger partial charge >= 0.3 is 0 Å². The van der Waals surface area contributed by atoms with E-state index in [4.69, 9.17) is 4.74 Å². The summed E-state index contributed by atoms with van der Waals surface area (Å²) in [5.41, 5.74) is 2.17. The summed E-state index contributed by atoms with van der Waals surface area (Å²) in [4.78, 5) is 18.9. The molecular weight excluding hydrogens is 368 g/mol. The lowest BCUT2D eigenvalue weighted by Gasteiger charge is -2.27. The van der Waals surface area contributed by atoms with Crippen LogP contribution in [0.3, 0.4) is 0 Å². The van der Waals surface area contributed by atoms with E-state index >= 15 is 0 Å². The van der Waals surface area contributed by atoms with Crippen molar-refractivity contribution in [3.63, 3.8) is 0 Å². The smallest absolute Gasteiger partial charge is 0.275 e. The second-order valence-corrected chi connectivity index (χ2v) is 7.02. The molecule has 4 heterocycles. The molecule has 1 saturated heterocycles. The van der Waals surface area contributed by atoms with Gasteiger partial charge in [0.25, 0.3) is 5.56 Å². The van der Waals surface area contributed by atoms with Crippen molar-refractivity contribution < 1.29 is 27.2 Å². The average molecular weight is 393 g/mol. The van der Waals surface area contributed by atoms with Gasteiger partial charge in [0.05, 0.1) is 25.7 Å². The highest BCUT2D eigenvalue weighted by Crippen LogP contribution is 2.17. The number of rotatable bonds is 5. The molecule has 2 atom stereocenters. The number of fused-ring (bicyclic) bond motifs is 3. The molecule has 1 fully saturated rings. The number of halogens is 1. The fourth-order valence-electron chi connectivity index (χ4n) is 3.97. The summed E-state index contributed by atoms with van der Waals surface area (Å²) in [6.45, 7) is 3.51. The normalized spacial score (nSPS) is 19.9. The second kappa shape index (κ2) is 8.29. The molecule has 27 heavy (non-hydrogen) atoms. The Labute approximate surface area is 163 Å². The number of hydrogen-bond acceptors (Lipinski definition) is 4. The van der Waals surface area contributed by atoms with Crippen LogP contribution in [-0.4, -0.2) is 51.9 Å². The van der Waals surface area contributed by atoms with Crippen LogP contribution in [0.4, 0.5) is 0 Å². The number of pyridine rings is 1. The molecule has 0 spiro atoms. The van der Waals surface area contributed by atoms with E-state index in [1.165, 1.54) is 4.90 Å². The van der Waals surface area contributed by atoms with Gasteiger partial charge in [0, 0.05) is 25.2 Å². The topological polar surface area (TPSA) is 73.2 Å². The van der Waals surface area contributed by atoms with E-state index in [0.29, 0.717) is 17.9 Å². The molecule has 3 aromatic heterocycles. The molecule has 146 valence electrons. The number of methoxy groups -OCH3 is 1. The molecule has 4 rings (SSSR count). The molecule has 2 unspecified atom stereocenters. The zero-order valence-corrected chi connectivity index (χ0v) is 16.2. The first kappa shape index (κ1) is 19.7. The van der Waals surface area contributed by atoms with Crippen LogP contribution in [0, 0.1) is 0 Å². The Bertz CT molecular complexity index is 984. The summed E-state index contributed by atoms with van der Waals surface area (Å²) >= 11 is 0. The molecule has 0 aromatic carbocycles. The van der Waals surface area contributed by atoms with Gasteiger partial charge in [-0.15, -0.1) is 0 Å². The zero-order valence-electron chi connectivity index (χ0n) is 15.4. The van der Waals surface area contributed by atoms with E-state index < -0.39 is 0 Å². The minimum absolute atomic E-state index is 0. The number of nitrogens with zero attached hydrogens (tertiary/aromatic N) is 3. The number of nitrogens with one attached hydrogen (secondary N) is 1. The van der Waals surface area contributed by atoms with Gasteiger partial charge in [0.1, 0.15) is 18.2 Å². The Morgan fingerprint density at radius 3 is 2.96 bits per heavy atom. The maximum atomic E-state index is 12.9. The third-order valence-electron chi connectivity index (χ3n) is 5.27. The first-order valence-electron chi connectivity index (χ1n) is 9.23. The Kier molecular flexibility index (Phi) is 6.04. The van der Waals surface area contributed by atoms with E-state index in [2.05, 4.69) is 4.98 Å². The minimum atomic E-state index is -0.184. The van der Waals surface area contributed by atoms with Gasteiger partial charge in [-0.2, -0.15) is 4.98 Å². The Morgan fingerprint density at radius 1 is 1.33 bits per heavy atom. The van der Waals surface area contributed by atoms with Crippen LogP contribution in [0.2, 0.25) is 0 Å². The van der Waals surface area contributed by atoms with Crippen molar-refractivity contribution >= 4 is 16.7 Å². The third-order valence-corrected chi connectivity index (χ3v) is 5.27. The highest BCUT2D eigenvalue weighted by atomic mass is 35.5. The van der Waals surface area contributed by atoms with Crippen molar-refractivity contribution in [1.82, 2.24) is 14.0 Å². The Hall–Kier alpha value is -2.09. The molecule has 0 amide bonds. The molecule has 1 aliphatic heterocycles. The largest absolute Gasteiger partial charge is 1.00 e. The molecule has 8 heteroatoms. The molecular formula is C19H25ClN4O3. The molecule has 0 aliphatic carbocycles. The highest BCUT2D eigenvalue weighted by Gasteiger charge is 2.20. The molecule has 0 bridgehead atoms. The number of quaternary nitrogens is 1. The second-order valence-electron chi connectivity index (χ2n) is 7.02. The minimum Gasteiger partial charge on any atom is -1.00 e. The van der Waals surface area contributed by atoms with Gasteiger partial charge in [-0.25, -0.2) is 0 Å². The summed E-state index contributed by atoms with van der Waals surface area (Å²) in [6, 6.07) is 7.38. The van der Waals surface area contributed by atoms with Gasteiger partial charge in [-0.05, 0) is 31.0 Å². The quantitative estimate of drug-likeness (QED) is 0.488. The number of hydrogen-bond donors (Lipinski definition) is 2. The lowest BCUT2D eigenvalue weighted by Crippen LogP contribution is -3.14. The van der Waals surface area contributed by atoms with E-state index in [1.807, 2.05) is 33.4 Å². The number of ether oxygens (including phenoxy) is 1. The van der Waals surface area contributed by atoms with Crippen LogP contribution in [0.5, 0.6) is 5.88 Å². The molecule has 0 saturated carbocycles. The fraction of sp³-hybridized carbons (Fsp3) is 0.474. The zero-order chi connectivity index (χ0) is 18.1. The third kappa shape index (κ3) is 3.81. The number of aliphatic hydroxyl groups excluding tert-OH is 1. The molecule has 0 radical (unpaired) electrons. The van der Waals surface area contributed by atoms with Crippen molar-refractivity contribution in [2.45, 2.75) is 31.9 Å². The monoisotopic (exact) mass is 392 g/mol. The van der Waals surface area contributed by atoms with Crippen LogP contribution >= 0.6 is 0 Å². The lowest BCUT2D eigenvalue weighted by atomic mass is 10.1. The van der Waals surface area contributed by atoms with Crippen LogP contribution in [-0.2, 0) is 6.54 Å². The van der Waals surface area contributed by atoms with Gasteiger partial charge in [-0.1, -0.05) is 0 Å². The number of piperidine rings is 1. The van der Waals surface area contributed by atoms with E-state index in [9.17, 15) is 9.90 Å². The maximum Gasteiger partial charge on any atom is 0.275 e. The summed E-state index contributed by atoms with van der Waals surface area (Å²) < 4.78 is 8.89. The summed E-state index contributed by atoms with van der Waals surface area (Å²) in [6.07, 6.45) is 4.54. The fourth-order valence-corrected chi connectivity index (χ4v) is 3.97. The SMILES string of the molecule is COc1ccc2c(n1)n1cccc1c(=O)n2CCC[NH+]1CCCC(O)C1.[Cl-]. The Morgan fingerprint density at radius 2 is 2.19 bits per heavy atom. The van der Waals surface area contributed by atoms with Crippen molar-refractivity contribution in [3.8, 4) is 5.88 Å². The van der Waals surface area contributed by atoms with Gasteiger partial charge in [0.15, 0.2) is 5.65 Å². The first-order valence-corrected chi connectivity index (χ1v) is 9.23. The van der Waals surface area contributed by atoms with Crippen molar-refractivity contribution in [3.05, 3.63) is 40.8 Å². The molecule has 2 N–H and O–H groups in total. The van der Waals surface area contributed by atoms with Crippen LogP contribution in [0.15, 0.2) is 35.3 Å². The number of aliphatic hydroxyl groups is 1. The predicted octanol–water partition coefficient (Wildman–Crippen LogP) is -2.91. The summed E-state index contributed by atoms with van der Waals surface area (Å²) in [7, 11) is 1.59. The Balaban J connectivity index is 0.00000210. The van der Waals surface area contributed by atoms with E-state index in [-0.39, 0.29) is 24.1 Å². The van der Waals surface area contributed by atoms with Gasteiger partial charge in [-0.3, -0.25) is 9.20 Å². The lowest BCUT2D eigenvalue weighted by molar-refractivity contribution is -0.908. The van der Waals surface area contributed by atoms with Crippen molar-refractivity contribution in [1.29, 1.82) is 0 Å². The molecule has 7 nitrogen and oxygen atoms in total. The van der Waals surface area contributed by atoms with E-state index in [1.54, 1.807) is 13.2 Å². The predicted molar refractivity (Wildman–Crippen MR) is 98.9 cm³/mol. The van der Waals surface area contributed by atoms with Crippen LogP contribution in [0.25, 0.3) is 16.7 Å². The molecule has 1 aliphatic rings. The highest BCUT2D eigenvalue weighted by molar-refractivity contribution is 5.75. The van der Waals surface area contributed by atoms with Gasteiger partial charge < -0.3 is 31.7 Å². The molecule has 3 aromatic rings. The first-order chi connectivity index (χ1) is 12.7. The van der Waals surface area contributed by atoms with Crippen molar-refractivity contribution in [2.24, 2.45) is 0 Å². The van der Waals surface area contributed by atoms with E-state index in [0.717, 1.165) is 50.1 Å². The summed E-state index contributed by atoms with van der Waals surface area (Å²) in [5, 5.41) is 9.83. The van der Waals surface area contributed by atoms with Crippen LogP contribution < -0.4 is 27.6 Å². The standard InChI is InChI=1S/C19H24N4O3.ClH/c1-26-17-8-7-15-18(20-17)22-11-3-6-16(22)19(25)23(15)12-4-10-21-9-2-5-14(24)13-21;/h3,6-8,11,14,24H,2,4-5,9-10,12-13H2,1H3;1H.